The monoisotopic (exact) mass is 298 g/mol. The van der Waals surface area contributed by atoms with Crippen molar-refractivity contribution in [2.75, 3.05) is 0 Å². The van der Waals surface area contributed by atoms with E-state index >= 15 is 0 Å². The molecule has 0 aliphatic carbocycles. The van der Waals surface area contributed by atoms with Crippen LogP contribution in [0.25, 0.3) is 0 Å². The van der Waals surface area contributed by atoms with Crippen LogP contribution in [-0.4, -0.2) is 11.1 Å². The number of hydrogen-bond donors (Lipinski definition) is 1. The average Bonchev–Trinajstić information content (AvgIpc) is 2.38. The van der Waals surface area contributed by atoms with Crippen LogP contribution < -0.4 is 0 Å². The van der Waals surface area contributed by atoms with Crippen LogP contribution in [0.2, 0.25) is 0 Å². The van der Waals surface area contributed by atoms with Gasteiger partial charge in [0.1, 0.15) is 17.5 Å². The molecule has 2 rings (SSSR count). The molecule has 6 heteroatoms. The van der Waals surface area contributed by atoms with Crippen molar-refractivity contribution in [1.82, 2.24) is 0 Å². The highest BCUT2D eigenvalue weighted by Crippen LogP contribution is 2.27. The molecule has 0 amide bonds. The predicted molar refractivity (Wildman–Crippen MR) is 69.3 cm³/mol. The third-order valence-electron chi connectivity index (χ3n) is 2.58. The Morgan fingerprint density at radius 2 is 1.70 bits per heavy atom. The molecule has 0 heterocycles. The van der Waals surface area contributed by atoms with Crippen molar-refractivity contribution in [1.29, 1.82) is 0 Å². The summed E-state index contributed by atoms with van der Waals surface area (Å²) < 4.78 is 39.2. The quantitative estimate of drug-likeness (QED) is 0.864. The van der Waals surface area contributed by atoms with Gasteiger partial charge in [0.25, 0.3) is 0 Å². The van der Waals surface area contributed by atoms with Crippen molar-refractivity contribution in [3.63, 3.8) is 0 Å². The highest BCUT2D eigenvalue weighted by atomic mass is 32.2. The van der Waals surface area contributed by atoms with Gasteiger partial charge in [-0.3, -0.25) is 0 Å². The van der Waals surface area contributed by atoms with Gasteiger partial charge in [-0.05, 0) is 29.8 Å². The van der Waals surface area contributed by atoms with Gasteiger partial charge in [0.15, 0.2) is 0 Å². The van der Waals surface area contributed by atoms with Crippen molar-refractivity contribution < 1.29 is 23.1 Å². The standard InChI is InChI=1S/C14H9F3O2S/c15-9-2-1-8(11(5-9)14(18)19)7-20-13-4-3-10(16)6-12(13)17/h1-6H,7H2,(H,18,19). The molecule has 0 saturated carbocycles. The number of aromatic carboxylic acids is 1. The normalized spacial score (nSPS) is 10.6. The molecule has 0 radical (unpaired) electrons. The van der Waals surface area contributed by atoms with Crippen molar-refractivity contribution in [3.8, 4) is 0 Å². The van der Waals surface area contributed by atoms with E-state index in [1.165, 1.54) is 12.1 Å². The number of rotatable bonds is 4. The lowest BCUT2D eigenvalue weighted by Gasteiger charge is -2.07. The molecule has 20 heavy (non-hydrogen) atoms. The van der Waals surface area contributed by atoms with Crippen molar-refractivity contribution in [2.45, 2.75) is 10.6 Å². The maximum Gasteiger partial charge on any atom is 0.336 e. The molecule has 0 fully saturated rings. The summed E-state index contributed by atoms with van der Waals surface area (Å²) in [6.45, 7) is 0. The molecule has 2 aromatic carbocycles. The zero-order valence-corrected chi connectivity index (χ0v) is 10.9. The lowest BCUT2D eigenvalue weighted by Crippen LogP contribution is -2.02. The first-order valence-electron chi connectivity index (χ1n) is 5.57. The minimum absolute atomic E-state index is 0.143. The number of carbonyl (C=O) groups is 1. The van der Waals surface area contributed by atoms with Crippen LogP contribution in [0.4, 0.5) is 13.2 Å². The smallest absolute Gasteiger partial charge is 0.336 e. The zero-order valence-electron chi connectivity index (χ0n) is 10.1. The maximum absolute atomic E-state index is 13.4. The zero-order chi connectivity index (χ0) is 14.7. The second-order valence-corrected chi connectivity index (χ2v) is 4.99. The fourth-order valence-electron chi connectivity index (χ4n) is 1.62. The summed E-state index contributed by atoms with van der Waals surface area (Å²) in [7, 11) is 0. The molecule has 2 aromatic rings. The molecule has 104 valence electrons. The molecule has 2 nitrogen and oxygen atoms in total. The number of carboxylic acid groups (broad SMARTS) is 1. The van der Waals surface area contributed by atoms with Gasteiger partial charge in [-0.1, -0.05) is 6.07 Å². The van der Waals surface area contributed by atoms with Crippen LogP contribution in [0.15, 0.2) is 41.3 Å². The number of carboxylic acids is 1. The van der Waals surface area contributed by atoms with E-state index in [0.717, 1.165) is 36.0 Å². The third-order valence-corrected chi connectivity index (χ3v) is 3.68. The van der Waals surface area contributed by atoms with Crippen LogP contribution >= 0.6 is 11.8 Å². The second-order valence-electron chi connectivity index (χ2n) is 3.97. The molecule has 0 aliphatic rings. The third kappa shape index (κ3) is 3.33. The van der Waals surface area contributed by atoms with Gasteiger partial charge in [0.05, 0.1) is 5.56 Å². The van der Waals surface area contributed by atoms with E-state index in [2.05, 4.69) is 0 Å². The van der Waals surface area contributed by atoms with Gasteiger partial charge >= 0.3 is 5.97 Å². The number of benzene rings is 2. The Morgan fingerprint density at radius 3 is 2.35 bits per heavy atom. The summed E-state index contributed by atoms with van der Waals surface area (Å²) >= 11 is 1.02. The van der Waals surface area contributed by atoms with Gasteiger partial charge in [0.2, 0.25) is 0 Å². The first-order valence-corrected chi connectivity index (χ1v) is 6.55. The summed E-state index contributed by atoms with van der Waals surface area (Å²) in [5.74, 6) is -3.15. The fraction of sp³-hybridized carbons (Fsp3) is 0.0714. The van der Waals surface area contributed by atoms with Gasteiger partial charge in [-0.25, -0.2) is 18.0 Å². The van der Waals surface area contributed by atoms with Crippen LogP contribution in [-0.2, 0) is 5.75 Å². The molecule has 1 N–H and O–H groups in total. The van der Waals surface area contributed by atoms with Crippen molar-refractivity contribution in [2.24, 2.45) is 0 Å². The van der Waals surface area contributed by atoms with Gasteiger partial charge in [-0.2, -0.15) is 0 Å². The molecule has 0 atom stereocenters. The Morgan fingerprint density at radius 1 is 1.05 bits per heavy atom. The van der Waals surface area contributed by atoms with Crippen LogP contribution in [0.1, 0.15) is 15.9 Å². The first kappa shape index (κ1) is 14.5. The maximum atomic E-state index is 13.4. The van der Waals surface area contributed by atoms with E-state index in [9.17, 15) is 18.0 Å². The molecule has 0 aliphatic heterocycles. The number of hydrogen-bond acceptors (Lipinski definition) is 2. The molecular weight excluding hydrogens is 289 g/mol. The van der Waals surface area contributed by atoms with Crippen molar-refractivity contribution >= 4 is 17.7 Å². The Hall–Kier alpha value is -1.95. The van der Waals surface area contributed by atoms with E-state index in [1.807, 2.05) is 0 Å². The van der Waals surface area contributed by atoms with E-state index < -0.39 is 23.4 Å². The predicted octanol–water partition coefficient (Wildman–Crippen LogP) is 4.09. The summed E-state index contributed by atoms with van der Waals surface area (Å²) in [6, 6.07) is 6.55. The van der Waals surface area contributed by atoms with Crippen molar-refractivity contribution in [3.05, 3.63) is 65.0 Å². The molecular formula is C14H9F3O2S. The van der Waals surface area contributed by atoms with Gasteiger partial charge in [0, 0.05) is 16.7 Å². The van der Waals surface area contributed by atoms with E-state index in [4.69, 9.17) is 5.11 Å². The Kier molecular flexibility index (Phi) is 4.34. The van der Waals surface area contributed by atoms with E-state index in [1.54, 1.807) is 0 Å². The molecule has 0 unspecified atom stereocenters. The summed E-state index contributed by atoms with van der Waals surface area (Å²) in [4.78, 5) is 11.2. The number of thioether (sulfide) groups is 1. The number of halogens is 3. The van der Waals surface area contributed by atoms with Crippen LogP contribution in [0.3, 0.4) is 0 Å². The van der Waals surface area contributed by atoms with E-state index in [-0.39, 0.29) is 16.2 Å². The molecule has 0 aromatic heterocycles. The first-order chi connectivity index (χ1) is 9.47. The SMILES string of the molecule is O=C(O)c1cc(F)ccc1CSc1ccc(F)cc1F. The van der Waals surface area contributed by atoms with Gasteiger partial charge in [-0.15, -0.1) is 11.8 Å². The second kappa shape index (κ2) is 6.00. The minimum atomic E-state index is -1.25. The fourth-order valence-corrected chi connectivity index (χ4v) is 2.55. The highest BCUT2D eigenvalue weighted by Gasteiger charge is 2.12. The average molecular weight is 298 g/mol. The topological polar surface area (TPSA) is 37.3 Å². The van der Waals surface area contributed by atoms with E-state index in [0.29, 0.717) is 5.56 Å². The Labute approximate surface area is 117 Å². The lowest BCUT2D eigenvalue weighted by molar-refractivity contribution is 0.0695. The lowest BCUT2D eigenvalue weighted by atomic mass is 10.1. The van der Waals surface area contributed by atoms with Gasteiger partial charge < -0.3 is 5.11 Å². The summed E-state index contributed by atoms with van der Waals surface area (Å²) in [5.41, 5.74) is 0.202. The highest BCUT2D eigenvalue weighted by molar-refractivity contribution is 7.98. The largest absolute Gasteiger partial charge is 0.478 e. The Balaban J connectivity index is 2.20. The summed E-state index contributed by atoms with van der Waals surface area (Å²) in [6.07, 6.45) is 0. The minimum Gasteiger partial charge on any atom is -0.478 e. The molecule has 0 saturated heterocycles. The Bertz CT molecular complexity index is 659. The summed E-state index contributed by atoms with van der Waals surface area (Å²) in [5, 5.41) is 8.98. The molecule has 0 spiro atoms. The molecule has 0 bridgehead atoms. The van der Waals surface area contributed by atoms with Crippen LogP contribution in [0.5, 0.6) is 0 Å². The van der Waals surface area contributed by atoms with Crippen LogP contribution in [0, 0.1) is 17.5 Å².